The molecule has 6 N–H and O–H groups in total. The Hall–Kier alpha value is -2.45. The number of hydrogen-bond acceptors (Lipinski definition) is 12. The zero-order chi connectivity index (χ0) is 43.6. The van der Waals surface area contributed by atoms with E-state index in [1.54, 1.807) is 0 Å². The lowest BCUT2D eigenvalue weighted by atomic mass is 9.85. The molecule has 1 saturated carbocycles. The normalized spacial score (nSPS) is 22.9. The third kappa shape index (κ3) is 27.9. The van der Waals surface area contributed by atoms with Crippen LogP contribution in [0, 0.1) is 0 Å². The van der Waals surface area contributed by atoms with E-state index in [0.29, 0.717) is 19.3 Å². The number of phosphoric acid groups is 1. The number of allylic oxidation sites excluding steroid dienone is 10. The Kier molecular flexibility index (Phi) is 32.5. The standard InChI is InChI=1S/C45H77O13P/c1-3-5-7-9-11-13-15-17-18-19-20-22-24-26-28-30-32-34-39(47)57-37(36-56-59(53,54)58-45-43(51)41(49)40(48)42(50)44(45)52)35-55-38(46)33-31-29-27-25-23-21-16-14-12-10-8-6-4-2/h11,13-14,16-18,20,22,26,28,37,40-45,48-52H,3-10,12,15,19,21,23-25,27,29-36H2,1-2H3,(H,53,54)/b13-11+,16-14+,18-17+,22-20+,28-26+/t37-,40?,41+,42?,43?,44?,45?/m1/s1. The molecule has 0 radical (unpaired) electrons. The summed E-state index contributed by atoms with van der Waals surface area (Å²) in [5.74, 6) is -1.18. The van der Waals surface area contributed by atoms with Gasteiger partial charge in [0.05, 0.1) is 6.61 Å². The second-order valence-electron chi connectivity index (χ2n) is 15.2. The lowest BCUT2D eigenvalue weighted by Gasteiger charge is -2.41. The number of unbranched alkanes of at least 4 members (excludes halogenated alkanes) is 13. The van der Waals surface area contributed by atoms with Gasteiger partial charge in [0.15, 0.2) is 6.10 Å². The molecular formula is C45H77O13P. The molecule has 0 bridgehead atoms. The predicted molar refractivity (Wildman–Crippen MR) is 230 cm³/mol. The molecule has 1 aliphatic rings. The van der Waals surface area contributed by atoms with E-state index in [2.05, 4.69) is 62.5 Å². The molecular weight excluding hydrogens is 779 g/mol. The van der Waals surface area contributed by atoms with Crippen LogP contribution in [0.4, 0.5) is 0 Å². The number of carbonyl (C=O) groups is 2. The van der Waals surface area contributed by atoms with Crippen LogP contribution in [-0.4, -0.2) is 98.3 Å². The van der Waals surface area contributed by atoms with E-state index in [1.165, 1.54) is 44.9 Å². The molecule has 6 unspecified atom stereocenters. The number of hydrogen-bond donors (Lipinski definition) is 6. The fraction of sp³-hybridized carbons (Fsp3) is 0.733. The quantitative estimate of drug-likeness (QED) is 0.0154. The summed E-state index contributed by atoms with van der Waals surface area (Å²) in [7, 11) is -5.13. The molecule has 8 atom stereocenters. The van der Waals surface area contributed by atoms with Crippen molar-refractivity contribution in [3.8, 4) is 0 Å². The van der Waals surface area contributed by atoms with Crippen molar-refractivity contribution in [2.45, 2.75) is 198 Å². The highest BCUT2D eigenvalue weighted by atomic mass is 31.2. The lowest BCUT2D eigenvalue weighted by Crippen LogP contribution is -2.64. The Bertz CT molecular complexity index is 1270. The van der Waals surface area contributed by atoms with Crippen LogP contribution in [-0.2, 0) is 32.7 Å². The van der Waals surface area contributed by atoms with Crippen molar-refractivity contribution in [3.05, 3.63) is 60.8 Å². The van der Waals surface area contributed by atoms with Crippen LogP contribution in [0.15, 0.2) is 60.8 Å². The molecule has 0 heterocycles. The van der Waals surface area contributed by atoms with Crippen LogP contribution in [0.3, 0.4) is 0 Å². The molecule has 0 spiro atoms. The fourth-order valence-corrected chi connectivity index (χ4v) is 7.19. The average Bonchev–Trinajstić information content (AvgIpc) is 3.21. The second-order valence-corrected chi connectivity index (χ2v) is 16.6. The Labute approximate surface area is 353 Å². The van der Waals surface area contributed by atoms with Gasteiger partial charge >= 0.3 is 19.8 Å². The van der Waals surface area contributed by atoms with E-state index >= 15 is 0 Å². The van der Waals surface area contributed by atoms with E-state index in [9.17, 15) is 44.6 Å². The molecule has 1 fully saturated rings. The topological polar surface area (TPSA) is 210 Å². The summed E-state index contributed by atoms with van der Waals surface area (Å²) >= 11 is 0. The maximum atomic E-state index is 12.8. The molecule has 0 aromatic carbocycles. The van der Waals surface area contributed by atoms with Gasteiger partial charge in [0.2, 0.25) is 0 Å². The SMILES string of the molecule is CCCCC/C=C/C/C=C/C/C=C/C/C=C/CCCC(=O)O[C@H](COC(=O)CCCCCCC/C=C/CCCCCC)COP(=O)(O)OC1C(O)C(O)C(O)[C@H](O)C1O. The zero-order valence-electron chi connectivity index (χ0n) is 35.8. The van der Waals surface area contributed by atoms with Gasteiger partial charge < -0.3 is 39.9 Å². The minimum atomic E-state index is -5.13. The molecule has 0 saturated heterocycles. The van der Waals surface area contributed by atoms with E-state index in [1.807, 2.05) is 12.2 Å². The first kappa shape index (κ1) is 54.6. The van der Waals surface area contributed by atoms with Gasteiger partial charge in [0.1, 0.15) is 43.2 Å². The maximum Gasteiger partial charge on any atom is 0.472 e. The van der Waals surface area contributed by atoms with Crippen LogP contribution >= 0.6 is 7.82 Å². The Morgan fingerprint density at radius 3 is 1.49 bits per heavy atom. The van der Waals surface area contributed by atoms with Gasteiger partial charge in [0, 0.05) is 12.8 Å². The molecule has 59 heavy (non-hydrogen) atoms. The fourth-order valence-electron chi connectivity index (χ4n) is 6.21. The van der Waals surface area contributed by atoms with Crippen molar-refractivity contribution in [1.29, 1.82) is 0 Å². The summed E-state index contributed by atoms with van der Waals surface area (Å²) in [5.41, 5.74) is 0. The minimum Gasteiger partial charge on any atom is -0.462 e. The summed E-state index contributed by atoms with van der Waals surface area (Å²) in [6.45, 7) is 3.18. The summed E-state index contributed by atoms with van der Waals surface area (Å²) in [6, 6.07) is 0. The van der Waals surface area contributed by atoms with Crippen molar-refractivity contribution < 1.29 is 63.1 Å². The predicted octanol–water partition coefficient (Wildman–Crippen LogP) is 8.16. The first-order chi connectivity index (χ1) is 28.4. The molecule has 1 rings (SSSR count). The van der Waals surface area contributed by atoms with Crippen molar-refractivity contribution in [3.63, 3.8) is 0 Å². The molecule has 0 amide bonds. The average molecular weight is 857 g/mol. The van der Waals surface area contributed by atoms with Crippen LogP contribution in [0.5, 0.6) is 0 Å². The van der Waals surface area contributed by atoms with Crippen LogP contribution < -0.4 is 0 Å². The highest BCUT2D eigenvalue weighted by Crippen LogP contribution is 2.47. The van der Waals surface area contributed by atoms with Crippen LogP contribution in [0.1, 0.15) is 155 Å². The number of phosphoric ester groups is 1. The zero-order valence-corrected chi connectivity index (χ0v) is 36.7. The first-order valence-corrected chi connectivity index (χ1v) is 23.6. The monoisotopic (exact) mass is 857 g/mol. The summed E-state index contributed by atoms with van der Waals surface area (Å²) in [6.07, 6.45) is 28.6. The van der Waals surface area contributed by atoms with Crippen molar-refractivity contribution >= 4 is 19.8 Å². The van der Waals surface area contributed by atoms with Gasteiger partial charge in [-0.25, -0.2) is 4.57 Å². The largest absolute Gasteiger partial charge is 0.472 e. The second kappa shape index (κ2) is 35.2. The van der Waals surface area contributed by atoms with E-state index in [4.69, 9.17) is 18.5 Å². The molecule has 14 heteroatoms. The van der Waals surface area contributed by atoms with E-state index < -0.39 is 75.7 Å². The summed E-state index contributed by atoms with van der Waals surface area (Å²) < 4.78 is 33.4. The third-order valence-electron chi connectivity index (χ3n) is 9.83. The van der Waals surface area contributed by atoms with Crippen LogP contribution in [0.2, 0.25) is 0 Å². The lowest BCUT2D eigenvalue weighted by molar-refractivity contribution is -0.220. The Balaban J connectivity index is 2.54. The van der Waals surface area contributed by atoms with Crippen molar-refractivity contribution in [1.82, 2.24) is 0 Å². The smallest absolute Gasteiger partial charge is 0.462 e. The van der Waals surface area contributed by atoms with Crippen molar-refractivity contribution in [2.24, 2.45) is 0 Å². The number of aliphatic hydroxyl groups excluding tert-OH is 5. The number of esters is 2. The van der Waals surface area contributed by atoms with E-state index in [-0.39, 0.29) is 12.8 Å². The molecule has 340 valence electrons. The minimum absolute atomic E-state index is 0.0169. The molecule has 13 nitrogen and oxygen atoms in total. The Morgan fingerprint density at radius 1 is 0.525 bits per heavy atom. The number of carbonyl (C=O) groups excluding carboxylic acids is 2. The van der Waals surface area contributed by atoms with Gasteiger partial charge in [-0.2, -0.15) is 0 Å². The maximum absolute atomic E-state index is 12.8. The highest BCUT2D eigenvalue weighted by molar-refractivity contribution is 7.47. The van der Waals surface area contributed by atoms with Gasteiger partial charge in [-0.1, -0.05) is 126 Å². The molecule has 0 aliphatic heterocycles. The van der Waals surface area contributed by atoms with Gasteiger partial charge in [-0.05, 0) is 77.0 Å². The molecule has 1 aliphatic carbocycles. The number of ether oxygens (including phenoxy) is 2. The Morgan fingerprint density at radius 2 is 0.932 bits per heavy atom. The molecule has 0 aromatic rings. The van der Waals surface area contributed by atoms with Gasteiger partial charge in [-0.15, -0.1) is 0 Å². The number of aliphatic hydroxyl groups is 5. The van der Waals surface area contributed by atoms with Crippen molar-refractivity contribution in [2.75, 3.05) is 13.2 Å². The van der Waals surface area contributed by atoms with Gasteiger partial charge in [0.25, 0.3) is 0 Å². The van der Waals surface area contributed by atoms with E-state index in [0.717, 1.165) is 64.2 Å². The van der Waals surface area contributed by atoms with Crippen LogP contribution in [0.25, 0.3) is 0 Å². The first-order valence-electron chi connectivity index (χ1n) is 22.1. The summed E-state index contributed by atoms with van der Waals surface area (Å²) in [5, 5.41) is 50.1. The highest BCUT2D eigenvalue weighted by Gasteiger charge is 2.51. The molecule has 0 aromatic heterocycles. The van der Waals surface area contributed by atoms with Gasteiger partial charge in [-0.3, -0.25) is 18.6 Å². The number of rotatable bonds is 35. The third-order valence-corrected chi connectivity index (χ3v) is 10.8. The summed E-state index contributed by atoms with van der Waals surface area (Å²) in [4.78, 5) is 35.6.